The number of anilines is 1. The number of quaternary nitrogens is 1. The van der Waals surface area contributed by atoms with Crippen LogP contribution in [-0.2, 0) is 11.2 Å². The molecule has 3 rings (SSSR count). The highest BCUT2D eigenvalue weighted by molar-refractivity contribution is 6.03. The van der Waals surface area contributed by atoms with Crippen LogP contribution in [0.4, 0.5) is 5.69 Å². The standard InChI is InChI=1S/C21H24N2O/c1-15-9-11-17(12-10-15)22-20(24)13-19-18-8-6-5-7-16(18)14-21(2,3)23(19)4/h5-13H,14H2,1-4H3,(H,22,24)/p+1. The van der Waals surface area contributed by atoms with E-state index in [1.165, 1.54) is 21.6 Å². The normalized spacial score (nSPS) is 20.5. The maximum atomic E-state index is 12.5. The lowest BCUT2D eigenvalue weighted by molar-refractivity contribution is -0.860. The largest absolute Gasteiger partial charge is 0.322 e. The molecule has 0 aliphatic carbocycles. The molecule has 1 aliphatic rings. The highest BCUT2D eigenvalue weighted by Crippen LogP contribution is 2.25. The Kier molecular flexibility index (Phi) is 4.29. The first-order valence-electron chi connectivity index (χ1n) is 8.39. The fourth-order valence-corrected chi connectivity index (χ4v) is 3.24. The summed E-state index contributed by atoms with van der Waals surface area (Å²) in [6.07, 6.45) is 2.75. The lowest BCUT2D eigenvalue weighted by Crippen LogP contribution is -3.15. The molecule has 124 valence electrons. The Morgan fingerprint density at radius 3 is 2.50 bits per heavy atom. The van der Waals surface area contributed by atoms with Gasteiger partial charge in [0.15, 0.2) is 0 Å². The Morgan fingerprint density at radius 1 is 1.12 bits per heavy atom. The fraction of sp³-hybridized carbons (Fsp3) is 0.286. The molecule has 0 saturated carbocycles. The molecule has 2 aromatic carbocycles. The van der Waals surface area contributed by atoms with Crippen molar-refractivity contribution in [3.63, 3.8) is 0 Å². The molecular weight excluding hydrogens is 296 g/mol. The summed E-state index contributed by atoms with van der Waals surface area (Å²) in [6, 6.07) is 16.2. The minimum absolute atomic E-state index is 0.0598. The van der Waals surface area contributed by atoms with Crippen molar-refractivity contribution in [1.82, 2.24) is 0 Å². The van der Waals surface area contributed by atoms with Gasteiger partial charge in [-0.1, -0.05) is 35.9 Å². The van der Waals surface area contributed by atoms with Crippen LogP contribution in [0.2, 0.25) is 0 Å². The quantitative estimate of drug-likeness (QED) is 0.820. The monoisotopic (exact) mass is 321 g/mol. The molecule has 1 atom stereocenters. The highest BCUT2D eigenvalue weighted by Gasteiger charge is 2.38. The topological polar surface area (TPSA) is 33.5 Å². The van der Waals surface area contributed by atoms with Gasteiger partial charge in [0.2, 0.25) is 0 Å². The third-order valence-corrected chi connectivity index (χ3v) is 4.95. The van der Waals surface area contributed by atoms with E-state index in [1.807, 2.05) is 37.3 Å². The minimum atomic E-state index is -0.0827. The zero-order valence-corrected chi connectivity index (χ0v) is 14.8. The maximum absolute atomic E-state index is 12.5. The van der Waals surface area contributed by atoms with E-state index in [0.717, 1.165) is 17.8 Å². The smallest absolute Gasteiger partial charge is 0.254 e. The second kappa shape index (κ2) is 6.25. The van der Waals surface area contributed by atoms with Crippen LogP contribution in [0.1, 0.15) is 30.5 Å². The maximum Gasteiger partial charge on any atom is 0.254 e. The van der Waals surface area contributed by atoms with Gasteiger partial charge in [-0.2, -0.15) is 0 Å². The van der Waals surface area contributed by atoms with Gasteiger partial charge >= 0.3 is 0 Å². The lowest BCUT2D eigenvalue weighted by Gasteiger charge is -2.38. The van der Waals surface area contributed by atoms with E-state index in [2.05, 4.69) is 44.4 Å². The van der Waals surface area contributed by atoms with Crippen molar-refractivity contribution in [2.24, 2.45) is 0 Å². The van der Waals surface area contributed by atoms with Gasteiger partial charge in [0.05, 0.1) is 13.1 Å². The number of likely N-dealkylation sites (N-methyl/N-ethyl adjacent to an activating group) is 1. The Labute approximate surface area is 144 Å². The molecule has 3 nitrogen and oxygen atoms in total. The average Bonchev–Trinajstić information content (AvgIpc) is 2.54. The van der Waals surface area contributed by atoms with Crippen molar-refractivity contribution < 1.29 is 9.69 Å². The van der Waals surface area contributed by atoms with E-state index >= 15 is 0 Å². The number of rotatable bonds is 2. The van der Waals surface area contributed by atoms with Gasteiger partial charge in [-0.05, 0) is 44.5 Å². The summed E-state index contributed by atoms with van der Waals surface area (Å²) in [5.41, 5.74) is 5.59. The molecule has 0 bridgehead atoms. The first-order valence-corrected chi connectivity index (χ1v) is 8.39. The molecule has 0 saturated heterocycles. The number of hydrogen-bond acceptors (Lipinski definition) is 1. The van der Waals surface area contributed by atoms with E-state index in [9.17, 15) is 4.79 Å². The number of amides is 1. The number of benzene rings is 2. The number of nitrogens with one attached hydrogen (secondary N) is 2. The van der Waals surface area contributed by atoms with Crippen LogP contribution in [0.25, 0.3) is 5.70 Å². The summed E-state index contributed by atoms with van der Waals surface area (Å²) in [5.74, 6) is -0.0827. The van der Waals surface area contributed by atoms with Crippen molar-refractivity contribution in [2.75, 3.05) is 12.4 Å². The second-order valence-electron chi connectivity index (χ2n) is 7.26. The van der Waals surface area contributed by atoms with Crippen LogP contribution in [0.15, 0.2) is 54.6 Å². The summed E-state index contributed by atoms with van der Waals surface area (Å²) in [4.78, 5) is 13.8. The number of hydrogen-bond donors (Lipinski definition) is 2. The number of carbonyl (C=O) groups is 1. The Bertz CT molecular complexity index is 788. The van der Waals surface area contributed by atoms with Crippen LogP contribution in [0.3, 0.4) is 0 Å². The number of fused-ring (bicyclic) bond motifs is 1. The van der Waals surface area contributed by atoms with Gasteiger partial charge in [-0.25, -0.2) is 0 Å². The van der Waals surface area contributed by atoms with Crippen LogP contribution < -0.4 is 10.2 Å². The molecule has 2 N–H and O–H groups in total. The molecule has 1 heterocycles. The molecule has 0 radical (unpaired) electrons. The van der Waals surface area contributed by atoms with Crippen molar-refractivity contribution in [2.45, 2.75) is 32.7 Å². The van der Waals surface area contributed by atoms with Gasteiger partial charge in [0, 0.05) is 17.7 Å². The highest BCUT2D eigenvalue weighted by atomic mass is 16.1. The minimum Gasteiger partial charge on any atom is -0.322 e. The predicted molar refractivity (Wildman–Crippen MR) is 98.9 cm³/mol. The fourth-order valence-electron chi connectivity index (χ4n) is 3.24. The van der Waals surface area contributed by atoms with Crippen molar-refractivity contribution >= 4 is 17.3 Å². The lowest BCUT2D eigenvalue weighted by atomic mass is 9.84. The first kappa shape index (κ1) is 16.5. The Balaban J connectivity index is 1.92. The van der Waals surface area contributed by atoms with Crippen LogP contribution in [-0.4, -0.2) is 18.5 Å². The number of aryl methyl sites for hydroxylation is 1. The number of carbonyl (C=O) groups excluding carboxylic acids is 1. The zero-order chi connectivity index (χ0) is 17.3. The van der Waals surface area contributed by atoms with Crippen molar-refractivity contribution in [1.29, 1.82) is 0 Å². The van der Waals surface area contributed by atoms with Crippen LogP contribution in [0, 0.1) is 6.92 Å². The average molecular weight is 321 g/mol. The molecule has 3 heteroatoms. The molecule has 1 aliphatic heterocycles. The second-order valence-corrected chi connectivity index (χ2v) is 7.26. The molecule has 0 fully saturated rings. The molecule has 2 aromatic rings. The van der Waals surface area contributed by atoms with E-state index < -0.39 is 0 Å². The third kappa shape index (κ3) is 3.26. The van der Waals surface area contributed by atoms with E-state index in [4.69, 9.17) is 0 Å². The summed E-state index contributed by atoms with van der Waals surface area (Å²) in [6.45, 7) is 6.51. The molecule has 24 heavy (non-hydrogen) atoms. The molecule has 0 aromatic heterocycles. The molecule has 1 amide bonds. The van der Waals surface area contributed by atoms with Gasteiger partial charge in [0.25, 0.3) is 5.91 Å². The van der Waals surface area contributed by atoms with Crippen LogP contribution in [0.5, 0.6) is 0 Å². The van der Waals surface area contributed by atoms with Gasteiger partial charge < -0.3 is 5.32 Å². The zero-order valence-electron chi connectivity index (χ0n) is 14.8. The molecule has 1 unspecified atom stereocenters. The summed E-state index contributed by atoms with van der Waals surface area (Å²) in [5, 5.41) is 2.97. The predicted octanol–water partition coefficient (Wildman–Crippen LogP) is 2.82. The van der Waals surface area contributed by atoms with E-state index in [1.54, 1.807) is 6.08 Å². The Hall–Kier alpha value is -2.39. The molecule has 0 spiro atoms. The van der Waals surface area contributed by atoms with Gasteiger partial charge in [0.1, 0.15) is 11.2 Å². The SMILES string of the molecule is Cc1ccc(NC(=O)C=C2c3ccccc3CC(C)(C)[NH+]2C)cc1. The van der Waals surface area contributed by atoms with Gasteiger partial charge in [-0.3, -0.25) is 9.69 Å². The Morgan fingerprint density at radius 2 is 1.79 bits per heavy atom. The summed E-state index contributed by atoms with van der Waals surface area (Å²) in [7, 11) is 2.14. The van der Waals surface area contributed by atoms with Crippen molar-refractivity contribution in [3.05, 3.63) is 71.3 Å². The van der Waals surface area contributed by atoms with E-state index in [0.29, 0.717) is 0 Å². The molecular formula is C21H25N2O+. The van der Waals surface area contributed by atoms with Crippen LogP contribution >= 0.6 is 0 Å². The van der Waals surface area contributed by atoms with E-state index in [-0.39, 0.29) is 11.4 Å². The summed E-state index contributed by atoms with van der Waals surface area (Å²) < 4.78 is 0. The first-order chi connectivity index (χ1) is 11.4. The summed E-state index contributed by atoms with van der Waals surface area (Å²) >= 11 is 0. The van der Waals surface area contributed by atoms with Gasteiger partial charge in [-0.15, -0.1) is 0 Å². The third-order valence-electron chi connectivity index (χ3n) is 4.95. The van der Waals surface area contributed by atoms with Crippen molar-refractivity contribution in [3.8, 4) is 0 Å².